The lowest BCUT2D eigenvalue weighted by atomic mass is 9.93. The predicted octanol–water partition coefficient (Wildman–Crippen LogP) is 3.55. The fourth-order valence-corrected chi connectivity index (χ4v) is 4.98. The van der Waals surface area contributed by atoms with Crippen molar-refractivity contribution in [2.75, 3.05) is 33.8 Å². The van der Waals surface area contributed by atoms with Crippen LogP contribution in [0.25, 0.3) is 0 Å². The van der Waals surface area contributed by atoms with Crippen LogP contribution in [0.4, 0.5) is 0 Å². The van der Waals surface area contributed by atoms with Gasteiger partial charge in [0.15, 0.2) is 0 Å². The third-order valence-corrected chi connectivity index (χ3v) is 7.34. The summed E-state index contributed by atoms with van der Waals surface area (Å²) in [6.07, 6.45) is 11.9. The highest BCUT2D eigenvalue weighted by Gasteiger charge is 2.30. The smallest absolute Gasteiger partial charge is 0.279 e. The highest BCUT2D eigenvalue weighted by atomic mass is 32.2. The number of furan rings is 1. The molecular formula is C22H39N3O4S. The van der Waals surface area contributed by atoms with Gasteiger partial charge in [0, 0.05) is 26.2 Å². The first-order chi connectivity index (χ1) is 14.4. The van der Waals surface area contributed by atoms with E-state index in [1.165, 1.54) is 29.8 Å². The molecule has 1 fully saturated rings. The van der Waals surface area contributed by atoms with E-state index in [0.29, 0.717) is 5.76 Å². The van der Waals surface area contributed by atoms with Crippen LogP contribution in [0.1, 0.15) is 57.1 Å². The lowest BCUT2D eigenvalue weighted by Crippen LogP contribution is -2.45. The monoisotopic (exact) mass is 441 g/mol. The first kappa shape index (κ1) is 25.1. The van der Waals surface area contributed by atoms with Crippen molar-refractivity contribution >= 4 is 10.2 Å². The number of hydrogen-bond acceptors (Lipinski definition) is 5. The van der Waals surface area contributed by atoms with Crippen molar-refractivity contribution in [1.29, 1.82) is 0 Å². The molecule has 2 rings (SSSR count). The number of nitrogens with one attached hydrogen (secondary N) is 1. The number of ether oxygens (including phenoxy) is 1. The first-order valence-electron chi connectivity index (χ1n) is 11.1. The van der Waals surface area contributed by atoms with Gasteiger partial charge < -0.3 is 14.1 Å². The number of nitrogens with zero attached hydrogens (tertiary/aromatic N) is 2. The Labute approximate surface area is 182 Å². The molecule has 1 N–H and O–H groups in total. The second-order valence-electron chi connectivity index (χ2n) is 8.19. The Kier molecular flexibility index (Phi) is 11.1. The Morgan fingerprint density at radius 3 is 2.60 bits per heavy atom. The number of unbranched alkanes of at least 4 members (excludes halogenated alkanes) is 3. The van der Waals surface area contributed by atoms with Crippen LogP contribution in [-0.4, -0.2) is 63.6 Å². The molecule has 8 heteroatoms. The average molecular weight is 442 g/mol. The van der Waals surface area contributed by atoms with Crippen molar-refractivity contribution < 1.29 is 17.6 Å². The molecule has 7 nitrogen and oxygen atoms in total. The van der Waals surface area contributed by atoms with Crippen LogP contribution < -0.4 is 4.72 Å². The minimum atomic E-state index is -3.52. The summed E-state index contributed by atoms with van der Waals surface area (Å²) in [5, 5.41) is 0. The molecule has 1 aromatic rings. The highest BCUT2D eigenvalue weighted by Crippen LogP contribution is 2.26. The van der Waals surface area contributed by atoms with E-state index in [0.717, 1.165) is 51.8 Å². The number of rotatable bonds is 15. The highest BCUT2D eigenvalue weighted by molar-refractivity contribution is 7.87. The third-order valence-electron chi connectivity index (χ3n) is 5.77. The zero-order valence-electron chi connectivity index (χ0n) is 18.6. The molecule has 0 bridgehead atoms. The molecule has 1 aliphatic rings. The van der Waals surface area contributed by atoms with Crippen molar-refractivity contribution in [3.63, 3.8) is 0 Å². The molecule has 172 valence electrons. The minimum absolute atomic E-state index is 0.0199. The molecule has 1 heterocycles. The summed E-state index contributed by atoms with van der Waals surface area (Å²) in [5.41, 5.74) is 0. The fourth-order valence-electron chi connectivity index (χ4n) is 3.85. The standard InChI is InChI=1S/C22H39N3O4S/c1-4-15-24(2)16-7-5-6-8-17-28-21-13-11-20(12-14-21)25(3)30(26,27)23-19-22-10-9-18-29-22/h4,9-10,18,20-21,23H,1,5-8,11-17,19H2,2-3H3. The summed E-state index contributed by atoms with van der Waals surface area (Å²) in [7, 11) is 0.260. The van der Waals surface area contributed by atoms with Gasteiger partial charge in [-0.05, 0) is 64.3 Å². The van der Waals surface area contributed by atoms with Crippen LogP contribution in [-0.2, 0) is 21.5 Å². The normalized spacial score (nSPS) is 20.1. The summed E-state index contributed by atoms with van der Waals surface area (Å²) in [4.78, 5) is 2.28. The number of likely N-dealkylation sites (N-methyl/N-ethyl adjacent to an activating group) is 1. The Morgan fingerprint density at radius 1 is 1.20 bits per heavy atom. The van der Waals surface area contributed by atoms with Crippen LogP contribution in [0.2, 0.25) is 0 Å². The van der Waals surface area contributed by atoms with E-state index in [1.54, 1.807) is 19.2 Å². The van der Waals surface area contributed by atoms with Gasteiger partial charge in [-0.3, -0.25) is 0 Å². The van der Waals surface area contributed by atoms with Crippen LogP contribution in [0.5, 0.6) is 0 Å². The summed E-state index contributed by atoms with van der Waals surface area (Å²) >= 11 is 0. The van der Waals surface area contributed by atoms with Gasteiger partial charge in [-0.15, -0.1) is 6.58 Å². The van der Waals surface area contributed by atoms with Crippen LogP contribution >= 0.6 is 0 Å². The molecular weight excluding hydrogens is 402 g/mol. The second kappa shape index (κ2) is 13.3. The first-order valence-corrected chi connectivity index (χ1v) is 12.5. The van der Waals surface area contributed by atoms with E-state index < -0.39 is 10.2 Å². The van der Waals surface area contributed by atoms with Gasteiger partial charge in [-0.25, -0.2) is 0 Å². The molecule has 0 spiro atoms. The predicted molar refractivity (Wildman–Crippen MR) is 120 cm³/mol. The second-order valence-corrected chi connectivity index (χ2v) is 10.0. The fraction of sp³-hybridized carbons (Fsp3) is 0.727. The van der Waals surface area contributed by atoms with E-state index in [-0.39, 0.29) is 18.7 Å². The van der Waals surface area contributed by atoms with E-state index in [9.17, 15) is 8.42 Å². The molecule has 0 unspecified atom stereocenters. The average Bonchev–Trinajstić information content (AvgIpc) is 3.25. The zero-order valence-corrected chi connectivity index (χ0v) is 19.4. The summed E-state index contributed by atoms with van der Waals surface area (Å²) in [6, 6.07) is 3.52. The maximum atomic E-state index is 12.5. The summed E-state index contributed by atoms with van der Waals surface area (Å²) in [6.45, 7) is 6.79. The SMILES string of the molecule is C=CCN(C)CCCCCCOC1CCC(N(C)S(=O)(=O)NCc2ccco2)CC1. The molecule has 0 radical (unpaired) electrons. The van der Waals surface area contributed by atoms with Gasteiger partial charge in [-0.2, -0.15) is 17.4 Å². The molecule has 0 atom stereocenters. The molecule has 1 saturated carbocycles. The Morgan fingerprint density at radius 2 is 1.93 bits per heavy atom. The summed E-state index contributed by atoms with van der Waals surface area (Å²) < 4.78 is 40.3. The van der Waals surface area contributed by atoms with Crippen LogP contribution in [0.15, 0.2) is 35.5 Å². The van der Waals surface area contributed by atoms with Crippen molar-refractivity contribution in [2.24, 2.45) is 0 Å². The molecule has 30 heavy (non-hydrogen) atoms. The van der Waals surface area contributed by atoms with Crippen molar-refractivity contribution in [1.82, 2.24) is 13.9 Å². The number of hydrogen-bond donors (Lipinski definition) is 1. The van der Waals surface area contributed by atoms with Gasteiger partial charge in [0.25, 0.3) is 10.2 Å². The van der Waals surface area contributed by atoms with E-state index in [2.05, 4.69) is 23.2 Å². The topological polar surface area (TPSA) is 75.0 Å². The lowest BCUT2D eigenvalue weighted by molar-refractivity contribution is 0.0155. The van der Waals surface area contributed by atoms with Crippen molar-refractivity contribution in [2.45, 2.75) is 70.1 Å². The maximum Gasteiger partial charge on any atom is 0.279 e. The van der Waals surface area contributed by atoms with Crippen molar-refractivity contribution in [3.8, 4) is 0 Å². The Hall–Kier alpha value is -1.19. The van der Waals surface area contributed by atoms with E-state index >= 15 is 0 Å². The molecule has 0 saturated heterocycles. The molecule has 1 aliphatic carbocycles. The molecule has 1 aromatic heterocycles. The third kappa shape index (κ3) is 8.89. The van der Waals surface area contributed by atoms with Gasteiger partial charge in [0.2, 0.25) is 0 Å². The van der Waals surface area contributed by atoms with Crippen LogP contribution in [0.3, 0.4) is 0 Å². The van der Waals surface area contributed by atoms with Crippen molar-refractivity contribution in [3.05, 3.63) is 36.8 Å². The molecule has 0 aromatic carbocycles. The minimum Gasteiger partial charge on any atom is -0.468 e. The van der Waals surface area contributed by atoms with Gasteiger partial charge in [0.05, 0.1) is 18.9 Å². The quantitative estimate of drug-likeness (QED) is 0.333. The lowest BCUT2D eigenvalue weighted by Gasteiger charge is -2.33. The molecule has 0 amide bonds. The van der Waals surface area contributed by atoms with Gasteiger partial charge in [-0.1, -0.05) is 18.9 Å². The largest absolute Gasteiger partial charge is 0.468 e. The van der Waals surface area contributed by atoms with Crippen LogP contribution in [0, 0.1) is 0 Å². The summed E-state index contributed by atoms with van der Waals surface area (Å²) in [5.74, 6) is 0.605. The van der Waals surface area contributed by atoms with E-state index in [4.69, 9.17) is 9.15 Å². The Balaban J connectivity index is 1.56. The zero-order chi connectivity index (χ0) is 21.8. The van der Waals surface area contributed by atoms with Gasteiger partial charge in [0.1, 0.15) is 5.76 Å². The van der Waals surface area contributed by atoms with E-state index in [1.807, 2.05) is 6.08 Å². The maximum absolute atomic E-state index is 12.5. The molecule has 0 aliphatic heterocycles. The Bertz CT molecular complexity index is 685. The van der Waals surface area contributed by atoms with Gasteiger partial charge >= 0.3 is 0 Å².